The standard InChI is InChI=1S/C30H30N6O3/c1-20-15-23(8-11-27(20)39-24-9-6-21(2)32-17-24)35-28-25-16-22(7-10-26(25)33-19-34-28)5-3-12-30(18-37)13-4-14-36(30)29(31)38/h6-11,15-17,19,37H,4,12-14,18H2,1-2H3,(H2,31,38)(H,33,34,35). The van der Waals surface area contributed by atoms with Crippen LogP contribution in [0.4, 0.5) is 16.3 Å². The number of carbonyl (C=O) groups excluding carboxylic acids is 1. The highest BCUT2D eigenvalue weighted by molar-refractivity contribution is 5.91. The van der Waals surface area contributed by atoms with Gasteiger partial charge in [0.15, 0.2) is 0 Å². The molecule has 1 aliphatic rings. The zero-order valence-corrected chi connectivity index (χ0v) is 21.9. The number of likely N-dealkylation sites (tertiary alicyclic amines) is 1. The molecule has 9 heteroatoms. The molecule has 2 aromatic heterocycles. The zero-order valence-electron chi connectivity index (χ0n) is 21.9. The summed E-state index contributed by atoms with van der Waals surface area (Å²) in [5, 5.41) is 14.2. The zero-order chi connectivity index (χ0) is 27.4. The van der Waals surface area contributed by atoms with Crippen LogP contribution in [0, 0.1) is 25.7 Å². The number of pyridine rings is 1. The Labute approximate surface area is 227 Å². The minimum absolute atomic E-state index is 0.171. The fourth-order valence-corrected chi connectivity index (χ4v) is 4.85. The van der Waals surface area contributed by atoms with Crippen LogP contribution in [0.3, 0.4) is 0 Å². The predicted molar refractivity (Wildman–Crippen MR) is 150 cm³/mol. The number of benzene rings is 2. The average Bonchev–Trinajstić information content (AvgIpc) is 3.36. The third-order valence-corrected chi connectivity index (χ3v) is 6.99. The third kappa shape index (κ3) is 5.61. The number of hydrogen-bond donors (Lipinski definition) is 3. The maximum Gasteiger partial charge on any atom is 0.315 e. The van der Waals surface area contributed by atoms with Crippen LogP contribution < -0.4 is 15.8 Å². The van der Waals surface area contributed by atoms with Gasteiger partial charge < -0.3 is 25.8 Å². The van der Waals surface area contributed by atoms with Crippen LogP contribution in [-0.2, 0) is 0 Å². The molecule has 3 heterocycles. The summed E-state index contributed by atoms with van der Waals surface area (Å²) in [4.78, 5) is 26.5. The highest BCUT2D eigenvalue weighted by Crippen LogP contribution is 2.32. The van der Waals surface area contributed by atoms with E-state index in [9.17, 15) is 9.90 Å². The van der Waals surface area contributed by atoms with E-state index in [1.54, 1.807) is 6.20 Å². The van der Waals surface area contributed by atoms with Crippen molar-refractivity contribution in [1.29, 1.82) is 0 Å². The van der Waals surface area contributed by atoms with E-state index in [1.165, 1.54) is 11.2 Å². The molecule has 39 heavy (non-hydrogen) atoms. The lowest BCUT2D eigenvalue weighted by Crippen LogP contribution is -2.51. The van der Waals surface area contributed by atoms with Gasteiger partial charge in [0.05, 0.1) is 23.9 Å². The van der Waals surface area contributed by atoms with Crippen molar-refractivity contribution in [2.24, 2.45) is 5.73 Å². The number of fused-ring (bicyclic) bond motifs is 1. The highest BCUT2D eigenvalue weighted by atomic mass is 16.5. The van der Waals surface area contributed by atoms with Crippen molar-refractivity contribution >= 4 is 28.4 Å². The van der Waals surface area contributed by atoms with Crippen molar-refractivity contribution in [3.8, 4) is 23.3 Å². The maximum atomic E-state index is 11.8. The van der Waals surface area contributed by atoms with Gasteiger partial charge in [-0.3, -0.25) is 4.98 Å². The average molecular weight is 523 g/mol. The van der Waals surface area contributed by atoms with E-state index in [4.69, 9.17) is 10.5 Å². The van der Waals surface area contributed by atoms with Crippen molar-refractivity contribution in [2.75, 3.05) is 18.5 Å². The lowest BCUT2D eigenvalue weighted by Gasteiger charge is -2.34. The topological polar surface area (TPSA) is 126 Å². The number of anilines is 2. The van der Waals surface area contributed by atoms with Gasteiger partial charge in [0.25, 0.3) is 0 Å². The summed E-state index contributed by atoms with van der Waals surface area (Å²) in [5.74, 6) is 8.40. The number of urea groups is 1. The molecule has 198 valence electrons. The van der Waals surface area contributed by atoms with Crippen molar-refractivity contribution in [3.05, 3.63) is 77.9 Å². The number of nitrogens with one attached hydrogen (secondary N) is 1. The number of aryl methyl sites for hydroxylation is 2. The van der Waals surface area contributed by atoms with Gasteiger partial charge in [0.1, 0.15) is 23.6 Å². The van der Waals surface area contributed by atoms with Crippen LogP contribution in [-0.4, -0.2) is 49.7 Å². The Morgan fingerprint density at radius 3 is 2.77 bits per heavy atom. The van der Waals surface area contributed by atoms with Gasteiger partial charge in [-0.15, -0.1) is 0 Å². The molecule has 0 bridgehead atoms. The van der Waals surface area contributed by atoms with Crippen molar-refractivity contribution in [3.63, 3.8) is 0 Å². The second kappa shape index (κ2) is 11.0. The summed E-state index contributed by atoms with van der Waals surface area (Å²) < 4.78 is 5.99. The largest absolute Gasteiger partial charge is 0.455 e. The molecule has 1 saturated heterocycles. The van der Waals surface area contributed by atoms with Crippen molar-refractivity contribution in [1.82, 2.24) is 19.9 Å². The Morgan fingerprint density at radius 2 is 2.03 bits per heavy atom. The maximum absolute atomic E-state index is 11.8. The Bertz CT molecular complexity index is 1580. The molecule has 4 aromatic rings. The molecular formula is C30H30N6O3. The lowest BCUT2D eigenvalue weighted by atomic mass is 9.93. The number of hydrogen-bond acceptors (Lipinski definition) is 7. The first-order chi connectivity index (χ1) is 18.9. The van der Waals surface area contributed by atoms with E-state index < -0.39 is 11.6 Å². The molecule has 2 amide bonds. The van der Waals surface area contributed by atoms with Crippen LogP contribution in [0.2, 0.25) is 0 Å². The van der Waals surface area contributed by atoms with E-state index in [0.717, 1.165) is 45.6 Å². The van der Waals surface area contributed by atoms with Gasteiger partial charge in [-0.1, -0.05) is 11.8 Å². The number of ether oxygens (including phenoxy) is 1. The summed E-state index contributed by atoms with van der Waals surface area (Å²) in [7, 11) is 0. The van der Waals surface area contributed by atoms with Crippen LogP contribution in [0.5, 0.6) is 11.5 Å². The molecule has 1 aliphatic heterocycles. The second-order valence-corrected chi connectivity index (χ2v) is 9.75. The summed E-state index contributed by atoms with van der Waals surface area (Å²) in [6.07, 6.45) is 5.04. The fourth-order valence-electron chi connectivity index (χ4n) is 4.85. The van der Waals surface area contributed by atoms with Gasteiger partial charge in [-0.25, -0.2) is 14.8 Å². The molecule has 9 nitrogen and oxygen atoms in total. The van der Waals surface area contributed by atoms with Gasteiger partial charge in [-0.05, 0) is 80.8 Å². The number of aliphatic hydroxyl groups is 1. The Balaban J connectivity index is 1.35. The minimum Gasteiger partial charge on any atom is -0.455 e. The first kappa shape index (κ1) is 25.9. The molecule has 0 radical (unpaired) electrons. The third-order valence-electron chi connectivity index (χ3n) is 6.99. The van der Waals surface area contributed by atoms with Crippen LogP contribution in [0.15, 0.2) is 61.1 Å². The molecule has 0 saturated carbocycles. The summed E-state index contributed by atoms with van der Waals surface area (Å²) >= 11 is 0. The molecule has 2 aromatic carbocycles. The Morgan fingerprint density at radius 1 is 1.15 bits per heavy atom. The van der Waals surface area contributed by atoms with Crippen molar-refractivity contribution in [2.45, 2.75) is 38.6 Å². The molecular weight excluding hydrogens is 492 g/mol. The predicted octanol–water partition coefficient (Wildman–Crippen LogP) is 4.82. The SMILES string of the molecule is Cc1ccc(Oc2ccc(Nc3ncnc4ccc(C#CCC5(CO)CCCN5C(N)=O)cc34)cc2C)cn1. The molecule has 0 spiro atoms. The number of carbonyl (C=O) groups is 1. The number of nitrogens with zero attached hydrogens (tertiary/aromatic N) is 4. The molecule has 4 N–H and O–H groups in total. The van der Waals surface area contributed by atoms with Gasteiger partial charge in [-0.2, -0.15) is 0 Å². The van der Waals surface area contributed by atoms with Crippen molar-refractivity contribution < 1.29 is 14.6 Å². The van der Waals surface area contributed by atoms with E-state index in [-0.39, 0.29) is 6.61 Å². The van der Waals surface area contributed by atoms with Gasteiger partial charge in [0.2, 0.25) is 0 Å². The number of rotatable bonds is 6. The van der Waals surface area contributed by atoms with E-state index >= 15 is 0 Å². The number of amides is 2. The highest BCUT2D eigenvalue weighted by Gasteiger charge is 2.41. The molecule has 1 unspecified atom stereocenters. The number of nitrogens with two attached hydrogens (primary N) is 1. The normalized spacial score (nSPS) is 16.5. The second-order valence-electron chi connectivity index (χ2n) is 9.75. The van der Waals surface area contributed by atoms with Crippen LogP contribution >= 0.6 is 0 Å². The molecule has 0 aliphatic carbocycles. The quantitative estimate of drug-likeness (QED) is 0.310. The van der Waals surface area contributed by atoms with E-state index in [0.29, 0.717) is 31.0 Å². The summed E-state index contributed by atoms with van der Waals surface area (Å²) in [5.41, 5.74) is 9.11. The smallest absolute Gasteiger partial charge is 0.315 e. The van der Waals surface area contributed by atoms with Crippen LogP contribution in [0.25, 0.3) is 10.9 Å². The van der Waals surface area contributed by atoms with E-state index in [2.05, 4.69) is 32.1 Å². The lowest BCUT2D eigenvalue weighted by molar-refractivity contribution is 0.0916. The minimum atomic E-state index is -0.727. The number of primary amides is 1. The summed E-state index contributed by atoms with van der Waals surface area (Å²) in [6, 6.07) is 14.9. The first-order valence-corrected chi connectivity index (χ1v) is 12.8. The van der Waals surface area contributed by atoms with Gasteiger partial charge in [0, 0.05) is 35.3 Å². The molecule has 5 rings (SSSR count). The first-order valence-electron chi connectivity index (χ1n) is 12.8. The Hall–Kier alpha value is -4.68. The molecule has 1 atom stereocenters. The van der Waals surface area contributed by atoms with E-state index in [1.807, 2.05) is 62.4 Å². The van der Waals surface area contributed by atoms with Crippen LogP contribution in [0.1, 0.15) is 36.1 Å². The van der Waals surface area contributed by atoms with Gasteiger partial charge >= 0.3 is 6.03 Å². The number of aliphatic hydroxyl groups excluding tert-OH is 1. The molecule has 1 fully saturated rings. The monoisotopic (exact) mass is 522 g/mol. The number of aromatic nitrogens is 3. The Kier molecular flexibility index (Phi) is 7.30. The fraction of sp³-hybridized carbons (Fsp3) is 0.267. The summed E-state index contributed by atoms with van der Waals surface area (Å²) in [6.45, 7) is 4.28.